The van der Waals surface area contributed by atoms with Gasteiger partial charge in [-0.1, -0.05) is 24.6 Å². The maximum Gasteiger partial charge on any atom is 0.178 e. The largest absolute Gasteiger partial charge is 0.396 e. The van der Waals surface area contributed by atoms with Crippen LogP contribution < -0.4 is 5.73 Å². The van der Waals surface area contributed by atoms with Gasteiger partial charge in [0.1, 0.15) is 0 Å². The van der Waals surface area contributed by atoms with Crippen LogP contribution in [0.25, 0.3) is 0 Å². The molecule has 0 unspecified atom stereocenters. The van der Waals surface area contributed by atoms with E-state index >= 15 is 0 Å². The van der Waals surface area contributed by atoms with Crippen molar-refractivity contribution in [1.29, 1.82) is 0 Å². The summed E-state index contributed by atoms with van der Waals surface area (Å²) in [5, 5.41) is 0.782. The molecule has 0 bridgehead atoms. The SMILES string of the molecule is C[C@]12CCC(=O)C(N)=C1CCc1cc(Cl)ccc12. The summed E-state index contributed by atoms with van der Waals surface area (Å²) in [7, 11) is 0. The highest BCUT2D eigenvalue weighted by Crippen LogP contribution is 2.47. The molecule has 0 aliphatic heterocycles. The number of halogens is 1. The van der Waals surface area contributed by atoms with Crippen LogP contribution in [0, 0.1) is 0 Å². The van der Waals surface area contributed by atoms with Crippen molar-refractivity contribution in [3.63, 3.8) is 0 Å². The monoisotopic (exact) mass is 261 g/mol. The summed E-state index contributed by atoms with van der Waals surface area (Å²) in [5.74, 6) is 0.111. The van der Waals surface area contributed by atoms with E-state index in [0.717, 1.165) is 29.9 Å². The molecule has 0 saturated carbocycles. The van der Waals surface area contributed by atoms with Crippen molar-refractivity contribution in [3.05, 3.63) is 45.6 Å². The predicted molar refractivity (Wildman–Crippen MR) is 72.6 cm³/mol. The van der Waals surface area contributed by atoms with E-state index in [4.69, 9.17) is 17.3 Å². The molecular formula is C15H16ClNO. The van der Waals surface area contributed by atoms with Gasteiger partial charge in [0.25, 0.3) is 0 Å². The summed E-state index contributed by atoms with van der Waals surface area (Å²) >= 11 is 6.06. The zero-order valence-electron chi connectivity index (χ0n) is 10.4. The minimum absolute atomic E-state index is 0.0732. The summed E-state index contributed by atoms with van der Waals surface area (Å²) in [6.45, 7) is 2.20. The van der Waals surface area contributed by atoms with Gasteiger partial charge in [-0.3, -0.25) is 4.79 Å². The maximum atomic E-state index is 11.8. The molecule has 94 valence electrons. The second kappa shape index (κ2) is 3.86. The van der Waals surface area contributed by atoms with Crippen LogP contribution in [0.15, 0.2) is 29.5 Å². The fourth-order valence-corrected chi connectivity index (χ4v) is 3.58. The molecule has 3 rings (SSSR count). The molecule has 1 atom stereocenters. The van der Waals surface area contributed by atoms with Crippen molar-refractivity contribution in [1.82, 2.24) is 0 Å². The van der Waals surface area contributed by atoms with E-state index in [1.54, 1.807) is 0 Å². The Morgan fingerprint density at radius 3 is 2.83 bits per heavy atom. The van der Waals surface area contributed by atoms with Crippen LogP contribution in [-0.4, -0.2) is 5.78 Å². The highest BCUT2D eigenvalue weighted by molar-refractivity contribution is 6.30. The number of ketones is 1. The molecular weight excluding hydrogens is 246 g/mol. The second-order valence-electron chi connectivity index (χ2n) is 5.45. The molecule has 2 N–H and O–H groups in total. The molecule has 0 aromatic heterocycles. The number of carbonyl (C=O) groups excluding carboxylic acids is 1. The molecule has 2 nitrogen and oxygen atoms in total. The van der Waals surface area contributed by atoms with Gasteiger partial charge in [0.15, 0.2) is 5.78 Å². The number of hydrogen-bond acceptors (Lipinski definition) is 2. The average molecular weight is 262 g/mol. The van der Waals surface area contributed by atoms with Gasteiger partial charge < -0.3 is 5.73 Å². The first-order valence-corrected chi connectivity index (χ1v) is 6.71. The van der Waals surface area contributed by atoms with E-state index < -0.39 is 0 Å². The Morgan fingerprint density at radius 2 is 2.06 bits per heavy atom. The summed E-state index contributed by atoms with van der Waals surface area (Å²) in [6, 6.07) is 6.08. The van der Waals surface area contributed by atoms with E-state index in [0.29, 0.717) is 12.1 Å². The summed E-state index contributed by atoms with van der Waals surface area (Å²) in [6.07, 6.45) is 3.21. The lowest BCUT2D eigenvalue weighted by atomic mass is 9.62. The fraction of sp³-hybridized carbons (Fsp3) is 0.400. The van der Waals surface area contributed by atoms with Gasteiger partial charge in [-0.25, -0.2) is 0 Å². The number of carbonyl (C=O) groups is 1. The third-order valence-electron chi connectivity index (χ3n) is 4.45. The Hall–Kier alpha value is -1.28. The first kappa shape index (κ1) is 11.8. The minimum Gasteiger partial charge on any atom is -0.396 e. The van der Waals surface area contributed by atoms with Crippen molar-refractivity contribution < 1.29 is 4.79 Å². The molecule has 0 spiro atoms. The third-order valence-corrected chi connectivity index (χ3v) is 4.68. The smallest absolute Gasteiger partial charge is 0.178 e. The third kappa shape index (κ3) is 1.52. The van der Waals surface area contributed by atoms with Gasteiger partial charge in [-0.2, -0.15) is 0 Å². The zero-order valence-corrected chi connectivity index (χ0v) is 11.2. The molecule has 0 saturated heterocycles. The number of aryl methyl sites for hydroxylation is 1. The van der Waals surface area contributed by atoms with E-state index in [2.05, 4.69) is 13.0 Å². The van der Waals surface area contributed by atoms with Crippen LogP contribution in [0.4, 0.5) is 0 Å². The summed E-state index contributed by atoms with van der Waals surface area (Å²) in [4.78, 5) is 11.8. The Labute approximate surface area is 112 Å². The molecule has 0 heterocycles. The highest BCUT2D eigenvalue weighted by Gasteiger charge is 2.41. The quantitative estimate of drug-likeness (QED) is 0.780. The highest BCUT2D eigenvalue weighted by atomic mass is 35.5. The number of benzene rings is 1. The minimum atomic E-state index is -0.0732. The molecule has 1 aromatic carbocycles. The van der Waals surface area contributed by atoms with Gasteiger partial charge >= 0.3 is 0 Å². The molecule has 0 radical (unpaired) electrons. The lowest BCUT2D eigenvalue weighted by Gasteiger charge is -2.42. The van der Waals surface area contributed by atoms with Crippen molar-refractivity contribution in [2.45, 2.75) is 38.0 Å². The summed E-state index contributed by atoms with van der Waals surface area (Å²) in [5.41, 5.74) is 10.2. The van der Waals surface area contributed by atoms with E-state index in [9.17, 15) is 4.79 Å². The number of Topliss-reactive ketones (excluding diaryl/α,β-unsaturated/α-hetero) is 1. The van der Waals surface area contributed by atoms with Crippen LogP contribution >= 0.6 is 11.6 Å². The Bertz CT molecular complexity index is 576. The number of nitrogens with two attached hydrogens (primary N) is 1. The molecule has 3 heteroatoms. The summed E-state index contributed by atoms with van der Waals surface area (Å²) < 4.78 is 0. The van der Waals surface area contributed by atoms with Gasteiger partial charge in [0.05, 0.1) is 5.70 Å². The van der Waals surface area contributed by atoms with Crippen molar-refractivity contribution in [2.24, 2.45) is 5.73 Å². The molecule has 0 fully saturated rings. The van der Waals surface area contributed by atoms with Crippen LogP contribution in [0.5, 0.6) is 0 Å². The van der Waals surface area contributed by atoms with Gasteiger partial charge in [-0.05, 0) is 48.1 Å². The first-order valence-electron chi connectivity index (χ1n) is 6.33. The Kier molecular flexibility index (Phi) is 2.53. The zero-order chi connectivity index (χ0) is 12.9. The topological polar surface area (TPSA) is 43.1 Å². The number of fused-ring (bicyclic) bond motifs is 3. The Morgan fingerprint density at radius 1 is 1.28 bits per heavy atom. The lowest BCUT2D eigenvalue weighted by molar-refractivity contribution is -0.116. The number of allylic oxidation sites excluding steroid dienone is 2. The normalized spacial score (nSPS) is 26.9. The van der Waals surface area contributed by atoms with Crippen molar-refractivity contribution >= 4 is 17.4 Å². The second-order valence-corrected chi connectivity index (χ2v) is 5.89. The van der Waals surface area contributed by atoms with Crippen LogP contribution in [0.3, 0.4) is 0 Å². The van der Waals surface area contributed by atoms with Crippen molar-refractivity contribution in [2.75, 3.05) is 0 Å². The lowest BCUT2D eigenvalue weighted by Crippen LogP contribution is -2.38. The van der Waals surface area contributed by atoms with Gasteiger partial charge in [-0.15, -0.1) is 0 Å². The standard InChI is InChI=1S/C15H16ClNO/c1-15-7-6-13(18)14(17)12(15)4-2-9-8-10(16)3-5-11(9)15/h3,5,8H,2,4,6-7,17H2,1H3/t15-/m1/s1. The fourth-order valence-electron chi connectivity index (χ4n) is 3.39. The molecule has 2 aliphatic rings. The van der Waals surface area contributed by atoms with Gasteiger partial charge in [0, 0.05) is 16.9 Å². The van der Waals surface area contributed by atoms with E-state index in [-0.39, 0.29) is 11.2 Å². The average Bonchev–Trinajstić information content (AvgIpc) is 2.34. The Balaban J connectivity index is 2.21. The molecule has 1 aromatic rings. The molecule has 2 aliphatic carbocycles. The number of rotatable bonds is 0. The molecule has 0 amide bonds. The van der Waals surface area contributed by atoms with E-state index in [1.165, 1.54) is 11.1 Å². The van der Waals surface area contributed by atoms with Crippen LogP contribution in [0.1, 0.15) is 37.3 Å². The number of hydrogen-bond donors (Lipinski definition) is 1. The first-order chi connectivity index (χ1) is 8.52. The predicted octanol–water partition coefficient (Wildman–Crippen LogP) is 3.12. The van der Waals surface area contributed by atoms with Crippen molar-refractivity contribution in [3.8, 4) is 0 Å². The van der Waals surface area contributed by atoms with Crippen LogP contribution in [0.2, 0.25) is 5.02 Å². The molecule has 18 heavy (non-hydrogen) atoms. The van der Waals surface area contributed by atoms with Crippen LogP contribution in [-0.2, 0) is 16.6 Å². The maximum absolute atomic E-state index is 11.8. The van der Waals surface area contributed by atoms with Gasteiger partial charge in [0.2, 0.25) is 0 Å². The van der Waals surface area contributed by atoms with E-state index in [1.807, 2.05) is 12.1 Å².